The van der Waals surface area contributed by atoms with Gasteiger partial charge in [0.25, 0.3) is 5.91 Å². The second kappa shape index (κ2) is 7.93. The minimum atomic E-state index is -1.41. The van der Waals surface area contributed by atoms with Crippen LogP contribution in [-0.4, -0.2) is 39.6 Å². The van der Waals surface area contributed by atoms with Crippen LogP contribution in [0.15, 0.2) is 42.5 Å². The Hall–Kier alpha value is -2.31. The molecule has 1 fully saturated rings. The van der Waals surface area contributed by atoms with Crippen LogP contribution in [0.4, 0.5) is 4.39 Å². The number of likely N-dealkylation sites (tertiary alicyclic amines) is 1. The molecule has 138 valence electrons. The number of hydrogen-bond donors (Lipinski definition) is 2. The Morgan fingerprint density at radius 1 is 1.27 bits per heavy atom. The van der Waals surface area contributed by atoms with Crippen molar-refractivity contribution in [2.45, 2.75) is 38.5 Å². The number of nitrogens with zero attached hydrogens (tertiary/aromatic N) is 2. The predicted octanol–water partition coefficient (Wildman–Crippen LogP) is 2.17. The summed E-state index contributed by atoms with van der Waals surface area (Å²) in [4.78, 5) is 18.8. The van der Waals surface area contributed by atoms with Gasteiger partial charge in [-0.2, -0.15) is 0 Å². The minimum Gasteiger partial charge on any atom is -0.379 e. The number of aliphatic hydroxyl groups is 1. The lowest BCUT2D eigenvalue weighted by atomic mass is 9.91. The SMILES string of the molecule is Cc1cccc(CNCC2(O)CCCN(Cc3ccc(F)cc3)C2=O)n1. The highest BCUT2D eigenvalue weighted by Gasteiger charge is 2.41. The van der Waals surface area contributed by atoms with Crippen molar-refractivity contribution in [3.63, 3.8) is 0 Å². The van der Waals surface area contributed by atoms with Crippen LogP contribution in [0.3, 0.4) is 0 Å². The lowest BCUT2D eigenvalue weighted by molar-refractivity contribution is -0.157. The van der Waals surface area contributed by atoms with Crippen LogP contribution in [-0.2, 0) is 17.9 Å². The molecular weight excluding hydrogens is 333 g/mol. The number of carbonyl (C=O) groups excluding carboxylic acids is 1. The van der Waals surface area contributed by atoms with Gasteiger partial charge in [0.15, 0.2) is 5.60 Å². The maximum Gasteiger partial charge on any atom is 0.256 e. The number of nitrogens with one attached hydrogen (secondary N) is 1. The van der Waals surface area contributed by atoms with Crippen LogP contribution in [0, 0.1) is 12.7 Å². The molecule has 1 saturated heterocycles. The van der Waals surface area contributed by atoms with Gasteiger partial charge < -0.3 is 15.3 Å². The molecule has 2 aromatic rings. The number of carbonyl (C=O) groups is 1. The Morgan fingerprint density at radius 2 is 2.04 bits per heavy atom. The number of hydrogen-bond acceptors (Lipinski definition) is 4. The molecule has 1 unspecified atom stereocenters. The molecule has 0 aliphatic carbocycles. The first-order valence-corrected chi connectivity index (χ1v) is 8.86. The topological polar surface area (TPSA) is 65.5 Å². The third-order valence-electron chi connectivity index (χ3n) is 4.66. The van der Waals surface area contributed by atoms with Gasteiger partial charge in [0, 0.05) is 31.9 Å². The van der Waals surface area contributed by atoms with Gasteiger partial charge in [-0.3, -0.25) is 9.78 Å². The Bertz CT molecular complexity index is 766. The van der Waals surface area contributed by atoms with Crippen molar-refractivity contribution in [1.29, 1.82) is 0 Å². The number of amides is 1. The van der Waals surface area contributed by atoms with Crippen molar-refractivity contribution in [3.8, 4) is 0 Å². The first kappa shape index (κ1) is 18.5. The molecule has 1 atom stereocenters. The van der Waals surface area contributed by atoms with Crippen molar-refractivity contribution < 1.29 is 14.3 Å². The van der Waals surface area contributed by atoms with Crippen LogP contribution in [0.1, 0.15) is 29.8 Å². The van der Waals surface area contributed by atoms with E-state index in [1.807, 2.05) is 25.1 Å². The van der Waals surface area contributed by atoms with Crippen molar-refractivity contribution in [3.05, 3.63) is 65.2 Å². The van der Waals surface area contributed by atoms with Crippen LogP contribution in [0.25, 0.3) is 0 Å². The average Bonchev–Trinajstić information content (AvgIpc) is 2.61. The molecule has 0 saturated carbocycles. The molecule has 0 radical (unpaired) electrons. The molecule has 1 aromatic heterocycles. The van der Waals surface area contributed by atoms with E-state index in [0.29, 0.717) is 26.1 Å². The van der Waals surface area contributed by atoms with Crippen molar-refractivity contribution in [2.24, 2.45) is 0 Å². The summed E-state index contributed by atoms with van der Waals surface area (Å²) in [6.07, 6.45) is 1.16. The normalized spacial score (nSPS) is 20.4. The van der Waals surface area contributed by atoms with E-state index >= 15 is 0 Å². The highest BCUT2D eigenvalue weighted by molar-refractivity contribution is 5.86. The van der Waals surface area contributed by atoms with Crippen LogP contribution < -0.4 is 5.32 Å². The zero-order chi connectivity index (χ0) is 18.6. The number of aryl methyl sites for hydroxylation is 1. The summed E-state index contributed by atoms with van der Waals surface area (Å²) < 4.78 is 13.0. The average molecular weight is 357 g/mol. The number of benzene rings is 1. The standard InChI is InChI=1S/C20H24FN3O2/c1-15-4-2-5-18(23-15)12-22-14-20(26)10-3-11-24(19(20)25)13-16-6-8-17(21)9-7-16/h2,4-9,22,26H,3,10-14H2,1H3. The van der Waals surface area contributed by atoms with Crippen molar-refractivity contribution >= 4 is 5.91 Å². The van der Waals surface area contributed by atoms with E-state index in [0.717, 1.165) is 23.4 Å². The van der Waals surface area contributed by atoms with Gasteiger partial charge in [0.2, 0.25) is 0 Å². The third kappa shape index (κ3) is 4.45. The largest absolute Gasteiger partial charge is 0.379 e. The van der Waals surface area contributed by atoms with Gasteiger partial charge in [-0.15, -0.1) is 0 Å². The second-order valence-corrected chi connectivity index (χ2v) is 6.86. The lowest BCUT2D eigenvalue weighted by Crippen LogP contribution is -2.57. The van der Waals surface area contributed by atoms with E-state index < -0.39 is 5.60 Å². The van der Waals surface area contributed by atoms with E-state index in [2.05, 4.69) is 10.3 Å². The van der Waals surface area contributed by atoms with E-state index in [1.165, 1.54) is 12.1 Å². The molecule has 0 bridgehead atoms. The molecular formula is C20H24FN3O2. The Kier molecular flexibility index (Phi) is 5.64. The van der Waals surface area contributed by atoms with Gasteiger partial charge >= 0.3 is 0 Å². The van der Waals surface area contributed by atoms with Crippen LogP contribution >= 0.6 is 0 Å². The first-order chi connectivity index (χ1) is 12.5. The number of pyridine rings is 1. The fourth-order valence-corrected chi connectivity index (χ4v) is 3.29. The van der Waals surface area contributed by atoms with Crippen molar-refractivity contribution in [2.75, 3.05) is 13.1 Å². The quantitative estimate of drug-likeness (QED) is 0.832. The van der Waals surface area contributed by atoms with Gasteiger partial charge in [-0.1, -0.05) is 18.2 Å². The molecule has 0 spiro atoms. The first-order valence-electron chi connectivity index (χ1n) is 8.86. The maximum atomic E-state index is 13.0. The van der Waals surface area contributed by atoms with Crippen LogP contribution in [0.5, 0.6) is 0 Å². The Morgan fingerprint density at radius 3 is 2.77 bits per heavy atom. The van der Waals surface area contributed by atoms with Gasteiger partial charge in [-0.05, 0) is 49.6 Å². The lowest BCUT2D eigenvalue weighted by Gasteiger charge is -2.38. The van der Waals surface area contributed by atoms with E-state index in [4.69, 9.17) is 0 Å². The Labute approximate surface area is 152 Å². The summed E-state index contributed by atoms with van der Waals surface area (Å²) in [5.74, 6) is -0.582. The predicted molar refractivity (Wildman–Crippen MR) is 96.7 cm³/mol. The van der Waals surface area contributed by atoms with E-state index in [-0.39, 0.29) is 18.3 Å². The molecule has 1 amide bonds. The molecule has 3 rings (SSSR count). The molecule has 2 N–H and O–H groups in total. The fourth-order valence-electron chi connectivity index (χ4n) is 3.29. The summed E-state index contributed by atoms with van der Waals surface area (Å²) in [6, 6.07) is 11.9. The summed E-state index contributed by atoms with van der Waals surface area (Å²) >= 11 is 0. The van der Waals surface area contributed by atoms with Gasteiger partial charge in [0.05, 0.1) is 5.69 Å². The summed E-state index contributed by atoms with van der Waals surface area (Å²) in [5, 5.41) is 14.0. The molecule has 26 heavy (non-hydrogen) atoms. The summed E-state index contributed by atoms with van der Waals surface area (Å²) in [6.45, 7) is 3.57. The number of piperidine rings is 1. The Balaban J connectivity index is 1.59. The second-order valence-electron chi connectivity index (χ2n) is 6.86. The zero-order valence-corrected chi connectivity index (χ0v) is 14.9. The molecule has 5 nitrogen and oxygen atoms in total. The molecule has 1 aliphatic heterocycles. The van der Waals surface area contributed by atoms with Gasteiger partial charge in [-0.25, -0.2) is 4.39 Å². The van der Waals surface area contributed by atoms with E-state index in [9.17, 15) is 14.3 Å². The van der Waals surface area contributed by atoms with Crippen molar-refractivity contribution in [1.82, 2.24) is 15.2 Å². The van der Waals surface area contributed by atoms with Gasteiger partial charge in [0.1, 0.15) is 5.82 Å². The fraction of sp³-hybridized carbons (Fsp3) is 0.400. The maximum absolute atomic E-state index is 13.0. The highest BCUT2D eigenvalue weighted by Crippen LogP contribution is 2.24. The number of aromatic nitrogens is 1. The van der Waals surface area contributed by atoms with Crippen LogP contribution in [0.2, 0.25) is 0 Å². The molecule has 1 aliphatic rings. The zero-order valence-electron chi connectivity index (χ0n) is 14.9. The number of rotatable bonds is 6. The smallest absolute Gasteiger partial charge is 0.256 e. The van der Waals surface area contributed by atoms with E-state index in [1.54, 1.807) is 17.0 Å². The minimum absolute atomic E-state index is 0.182. The molecule has 1 aromatic carbocycles. The molecule has 6 heteroatoms. The monoisotopic (exact) mass is 357 g/mol. The summed E-state index contributed by atoms with van der Waals surface area (Å²) in [7, 11) is 0. The number of halogens is 1. The third-order valence-corrected chi connectivity index (χ3v) is 4.66. The molecule has 2 heterocycles. The highest BCUT2D eigenvalue weighted by atomic mass is 19.1. The summed E-state index contributed by atoms with van der Waals surface area (Å²) in [5.41, 5.74) is 1.24.